The molecule has 2 aromatic carbocycles. The summed E-state index contributed by atoms with van der Waals surface area (Å²) in [5.41, 5.74) is 1.31. The molecule has 3 rings (SSSR count). The quantitative estimate of drug-likeness (QED) is 0.677. The highest BCUT2D eigenvalue weighted by atomic mass is 35.5. The third-order valence-electron chi connectivity index (χ3n) is 3.98. The Balaban J connectivity index is 1.99. The monoisotopic (exact) mass is 398 g/mol. The van der Waals surface area contributed by atoms with Crippen LogP contribution in [0, 0.1) is 0 Å². The molecule has 8 heteroatoms. The molecule has 1 aromatic heterocycles. The van der Waals surface area contributed by atoms with Crippen molar-refractivity contribution in [2.75, 3.05) is 14.2 Å². The van der Waals surface area contributed by atoms with Gasteiger partial charge in [-0.05, 0) is 42.0 Å². The molecule has 0 aliphatic heterocycles. The molecule has 0 amide bonds. The van der Waals surface area contributed by atoms with Crippen molar-refractivity contribution < 1.29 is 19.1 Å². The van der Waals surface area contributed by atoms with Gasteiger partial charge in [0.1, 0.15) is 0 Å². The van der Waals surface area contributed by atoms with E-state index in [-0.39, 0.29) is 22.0 Å². The van der Waals surface area contributed by atoms with Gasteiger partial charge < -0.3 is 14.5 Å². The van der Waals surface area contributed by atoms with Gasteiger partial charge in [-0.3, -0.25) is 4.79 Å². The van der Waals surface area contributed by atoms with Gasteiger partial charge >= 0.3 is 11.9 Å². The van der Waals surface area contributed by atoms with Crippen LogP contribution >= 0.6 is 11.6 Å². The molecule has 0 atom stereocenters. The molecule has 7 nitrogen and oxygen atoms in total. The zero-order valence-electron chi connectivity index (χ0n) is 15.0. The average Bonchev–Trinajstić information content (AvgIpc) is 2.72. The molecular weight excluding hydrogens is 384 g/mol. The van der Waals surface area contributed by atoms with E-state index in [1.165, 1.54) is 32.4 Å². The highest BCUT2D eigenvalue weighted by Gasteiger charge is 2.11. The van der Waals surface area contributed by atoms with Gasteiger partial charge in [0, 0.05) is 0 Å². The minimum absolute atomic E-state index is 0.151. The lowest BCUT2D eigenvalue weighted by atomic mass is 10.1. The van der Waals surface area contributed by atoms with Crippen LogP contribution in [0.1, 0.15) is 32.1 Å². The van der Waals surface area contributed by atoms with Gasteiger partial charge in [0.15, 0.2) is 5.82 Å². The van der Waals surface area contributed by atoms with Crippen molar-refractivity contribution in [3.63, 3.8) is 0 Å². The first kappa shape index (κ1) is 19.3. The first-order valence-electron chi connectivity index (χ1n) is 8.11. The molecule has 1 heterocycles. The minimum Gasteiger partial charge on any atom is -0.465 e. The molecule has 3 aromatic rings. The lowest BCUT2D eigenvalue weighted by Gasteiger charge is -2.05. The van der Waals surface area contributed by atoms with E-state index in [1.807, 2.05) is 0 Å². The minimum atomic E-state index is -0.530. The Morgan fingerprint density at radius 1 is 1.00 bits per heavy atom. The van der Waals surface area contributed by atoms with E-state index in [9.17, 15) is 14.4 Å². The Labute approximate surface area is 164 Å². The molecule has 0 radical (unpaired) electrons. The van der Waals surface area contributed by atoms with E-state index in [0.717, 1.165) is 0 Å². The molecule has 142 valence electrons. The normalized spacial score (nSPS) is 11.3. The second-order valence-corrected chi connectivity index (χ2v) is 6.15. The number of halogens is 1. The highest BCUT2D eigenvalue weighted by Crippen LogP contribution is 2.21. The Kier molecular flexibility index (Phi) is 5.56. The predicted molar refractivity (Wildman–Crippen MR) is 105 cm³/mol. The SMILES string of the molecule is COC(=O)c1ccc(/C=C(\Cl)c2nc3cc(C(=O)OC)ccc3c(=O)[nH]2)cc1. The van der Waals surface area contributed by atoms with E-state index in [0.29, 0.717) is 22.0 Å². The van der Waals surface area contributed by atoms with Crippen molar-refractivity contribution in [1.29, 1.82) is 0 Å². The van der Waals surface area contributed by atoms with E-state index in [2.05, 4.69) is 19.4 Å². The first-order valence-corrected chi connectivity index (χ1v) is 8.49. The number of nitrogens with one attached hydrogen (secondary N) is 1. The predicted octanol–water partition coefficient (Wildman–Crippen LogP) is 3.23. The number of rotatable bonds is 4. The summed E-state index contributed by atoms with van der Waals surface area (Å²) in [7, 11) is 2.58. The van der Waals surface area contributed by atoms with Gasteiger partial charge in [-0.2, -0.15) is 0 Å². The third kappa shape index (κ3) is 3.94. The number of esters is 2. The molecule has 1 N–H and O–H groups in total. The fourth-order valence-corrected chi connectivity index (χ4v) is 2.76. The summed E-state index contributed by atoms with van der Waals surface area (Å²) in [6.45, 7) is 0. The molecule has 0 bridgehead atoms. The molecule has 28 heavy (non-hydrogen) atoms. The topological polar surface area (TPSA) is 98.3 Å². The summed E-state index contributed by atoms with van der Waals surface area (Å²) in [4.78, 5) is 42.4. The van der Waals surface area contributed by atoms with Crippen LogP contribution in [-0.4, -0.2) is 36.1 Å². The largest absolute Gasteiger partial charge is 0.465 e. The number of methoxy groups -OCH3 is 2. The van der Waals surface area contributed by atoms with Gasteiger partial charge in [-0.25, -0.2) is 14.6 Å². The number of fused-ring (bicyclic) bond motifs is 1. The fraction of sp³-hybridized carbons (Fsp3) is 0.100. The second kappa shape index (κ2) is 8.06. The second-order valence-electron chi connectivity index (χ2n) is 5.74. The number of carbonyl (C=O) groups excluding carboxylic acids is 2. The molecule has 0 aliphatic carbocycles. The molecular formula is C20H15ClN2O5. The first-order chi connectivity index (χ1) is 13.4. The van der Waals surface area contributed by atoms with Gasteiger partial charge in [0.05, 0.1) is 41.3 Å². The molecule has 0 aliphatic rings. The Hall–Kier alpha value is -3.45. The Bertz CT molecular complexity index is 1150. The van der Waals surface area contributed by atoms with E-state index in [4.69, 9.17) is 11.6 Å². The van der Waals surface area contributed by atoms with Crippen molar-refractivity contribution in [3.8, 4) is 0 Å². The van der Waals surface area contributed by atoms with Crippen LogP contribution in [0.3, 0.4) is 0 Å². The highest BCUT2D eigenvalue weighted by molar-refractivity contribution is 6.50. The van der Waals surface area contributed by atoms with Gasteiger partial charge in [-0.1, -0.05) is 23.7 Å². The van der Waals surface area contributed by atoms with Gasteiger partial charge in [0.2, 0.25) is 0 Å². The lowest BCUT2D eigenvalue weighted by Crippen LogP contribution is -2.11. The van der Waals surface area contributed by atoms with Crippen LogP contribution in [0.2, 0.25) is 0 Å². The van der Waals surface area contributed by atoms with Crippen LogP contribution in [0.25, 0.3) is 22.0 Å². The molecule has 0 unspecified atom stereocenters. The Morgan fingerprint density at radius 2 is 1.61 bits per heavy atom. The maximum Gasteiger partial charge on any atom is 0.337 e. The summed E-state index contributed by atoms with van der Waals surface area (Å²) < 4.78 is 9.34. The zero-order valence-corrected chi connectivity index (χ0v) is 15.7. The number of aromatic nitrogens is 2. The standard InChI is InChI=1S/C20H15ClN2O5/c1-27-19(25)12-5-3-11(4-6-12)9-15(21)17-22-16-10-13(20(26)28-2)7-8-14(16)18(24)23-17/h3-10H,1-2H3,(H,22,23,24)/b15-9-. The molecule has 0 spiro atoms. The van der Waals surface area contributed by atoms with Crippen molar-refractivity contribution in [2.45, 2.75) is 0 Å². The van der Waals surface area contributed by atoms with Crippen molar-refractivity contribution >= 4 is 45.6 Å². The maximum absolute atomic E-state index is 12.3. The molecule has 0 saturated carbocycles. The number of nitrogens with zero attached hydrogens (tertiary/aromatic N) is 1. The van der Waals surface area contributed by atoms with E-state index >= 15 is 0 Å². The van der Waals surface area contributed by atoms with Crippen LogP contribution < -0.4 is 5.56 Å². The number of hydrogen-bond acceptors (Lipinski definition) is 6. The van der Waals surface area contributed by atoms with Crippen molar-refractivity contribution in [1.82, 2.24) is 9.97 Å². The van der Waals surface area contributed by atoms with Crippen LogP contribution in [0.15, 0.2) is 47.3 Å². The van der Waals surface area contributed by atoms with Gasteiger partial charge in [-0.15, -0.1) is 0 Å². The Morgan fingerprint density at radius 3 is 2.25 bits per heavy atom. The molecule has 0 saturated heterocycles. The zero-order chi connectivity index (χ0) is 20.3. The summed E-state index contributed by atoms with van der Waals surface area (Å²) in [5.74, 6) is -0.820. The number of aromatic amines is 1. The summed E-state index contributed by atoms with van der Waals surface area (Å²) >= 11 is 6.32. The number of H-pyrrole nitrogens is 1. The van der Waals surface area contributed by atoms with Crippen LogP contribution in [-0.2, 0) is 9.47 Å². The fourth-order valence-electron chi connectivity index (χ4n) is 2.55. The average molecular weight is 399 g/mol. The number of hydrogen-bond donors (Lipinski definition) is 1. The van der Waals surface area contributed by atoms with Crippen molar-refractivity contribution in [2.24, 2.45) is 0 Å². The lowest BCUT2D eigenvalue weighted by molar-refractivity contribution is 0.0592. The number of ether oxygens (including phenoxy) is 2. The number of carbonyl (C=O) groups is 2. The number of benzene rings is 2. The summed E-state index contributed by atoms with van der Waals surface area (Å²) in [6.07, 6.45) is 1.59. The molecule has 0 fully saturated rings. The van der Waals surface area contributed by atoms with Gasteiger partial charge in [0.25, 0.3) is 5.56 Å². The third-order valence-corrected chi connectivity index (χ3v) is 4.27. The van der Waals surface area contributed by atoms with Crippen molar-refractivity contribution in [3.05, 3.63) is 75.3 Å². The maximum atomic E-state index is 12.3. The summed E-state index contributed by atoms with van der Waals surface area (Å²) in [5, 5.41) is 0.511. The smallest absolute Gasteiger partial charge is 0.337 e. The van der Waals surface area contributed by atoms with E-state index in [1.54, 1.807) is 30.3 Å². The van der Waals surface area contributed by atoms with Crippen LogP contribution in [0.5, 0.6) is 0 Å². The summed E-state index contributed by atoms with van der Waals surface area (Å²) in [6, 6.07) is 11.0. The van der Waals surface area contributed by atoms with E-state index < -0.39 is 11.9 Å². The van der Waals surface area contributed by atoms with Crippen LogP contribution in [0.4, 0.5) is 0 Å².